The summed E-state index contributed by atoms with van der Waals surface area (Å²) < 4.78 is 24.5. The van der Waals surface area contributed by atoms with E-state index in [0.29, 0.717) is 22.6 Å². The Morgan fingerprint density at radius 1 is 0.974 bits per heavy atom. The summed E-state index contributed by atoms with van der Waals surface area (Å²) in [6.45, 7) is 0. The van der Waals surface area contributed by atoms with Crippen molar-refractivity contribution in [3.63, 3.8) is 0 Å². The summed E-state index contributed by atoms with van der Waals surface area (Å²) in [6.07, 6.45) is -0.544. The van der Waals surface area contributed by atoms with Gasteiger partial charge in [-0.25, -0.2) is 23.9 Å². The van der Waals surface area contributed by atoms with Crippen LogP contribution in [0.15, 0.2) is 60.7 Å². The van der Waals surface area contributed by atoms with Gasteiger partial charge in [-0.2, -0.15) is 0 Å². The fourth-order valence-corrected chi connectivity index (χ4v) is 6.40. The minimum atomic E-state index is -1.70. The zero-order chi connectivity index (χ0) is 26.5. The molecule has 2 aromatic carbocycles. The fraction of sp³-hybridized carbons (Fsp3) is 0.286. The van der Waals surface area contributed by atoms with E-state index in [0.717, 1.165) is 28.9 Å². The monoisotopic (exact) mass is 534 g/mol. The van der Waals surface area contributed by atoms with Gasteiger partial charge in [-0.15, -0.1) is 0 Å². The number of nitrogens with zero attached hydrogens (tertiary/aromatic N) is 2. The van der Waals surface area contributed by atoms with Gasteiger partial charge in [-0.05, 0) is 60.6 Å². The minimum absolute atomic E-state index is 0.0589. The van der Waals surface area contributed by atoms with Gasteiger partial charge < -0.3 is 19.7 Å². The fourth-order valence-electron chi connectivity index (χ4n) is 5.44. The number of thiazole rings is 1. The van der Waals surface area contributed by atoms with Crippen LogP contribution in [0.25, 0.3) is 20.9 Å². The van der Waals surface area contributed by atoms with Gasteiger partial charge in [-0.1, -0.05) is 47.7 Å². The summed E-state index contributed by atoms with van der Waals surface area (Å²) in [5, 5.41) is 18.3. The predicted molar refractivity (Wildman–Crippen MR) is 137 cm³/mol. The van der Waals surface area contributed by atoms with Gasteiger partial charge in [0.25, 0.3) is 5.79 Å². The number of rotatable bonds is 7. The number of hydrogen-bond acceptors (Lipinski definition) is 7. The molecule has 2 aromatic heterocycles. The predicted octanol–water partition coefficient (Wildman–Crippen LogP) is 6.62. The van der Waals surface area contributed by atoms with Crippen LogP contribution in [-0.4, -0.2) is 38.3 Å². The molecular weight excluding hydrogens is 511 g/mol. The van der Waals surface area contributed by atoms with Crippen LogP contribution in [0.3, 0.4) is 0 Å². The summed E-state index contributed by atoms with van der Waals surface area (Å²) in [4.78, 5) is 32.1. The first-order valence-corrected chi connectivity index (χ1v) is 13.0. The number of benzene rings is 2. The third-order valence-corrected chi connectivity index (χ3v) is 8.35. The molecule has 0 spiro atoms. The molecule has 2 aliphatic carbocycles. The third kappa shape index (κ3) is 4.45. The number of hydrogen-bond donors (Lipinski definition) is 2. The molecule has 0 unspecified atom stereocenters. The van der Waals surface area contributed by atoms with E-state index in [9.17, 15) is 9.59 Å². The van der Waals surface area contributed by atoms with E-state index in [1.165, 1.54) is 23.0 Å². The van der Waals surface area contributed by atoms with Crippen molar-refractivity contribution in [2.45, 2.75) is 43.3 Å². The van der Waals surface area contributed by atoms with Gasteiger partial charge in [0.1, 0.15) is 21.2 Å². The highest BCUT2D eigenvalue weighted by molar-refractivity contribution is 7.21. The molecule has 0 saturated heterocycles. The first-order chi connectivity index (χ1) is 18.3. The molecule has 0 atom stereocenters. The third-order valence-electron chi connectivity index (χ3n) is 7.36. The first kappa shape index (κ1) is 24.3. The molecule has 8 nitrogen and oxygen atoms in total. The molecule has 2 saturated carbocycles. The van der Waals surface area contributed by atoms with E-state index in [1.54, 1.807) is 12.1 Å². The maximum atomic E-state index is 15.2. The van der Waals surface area contributed by atoms with Crippen LogP contribution < -0.4 is 0 Å². The lowest BCUT2D eigenvalue weighted by molar-refractivity contribution is -0.244. The highest BCUT2D eigenvalue weighted by Gasteiger charge is 2.52. The van der Waals surface area contributed by atoms with Crippen LogP contribution in [0.2, 0.25) is 0 Å². The van der Waals surface area contributed by atoms with E-state index in [1.807, 2.05) is 30.3 Å². The van der Waals surface area contributed by atoms with Crippen LogP contribution in [0.1, 0.15) is 42.5 Å². The minimum Gasteiger partial charge on any atom is -0.450 e. The molecule has 2 fully saturated rings. The van der Waals surface area contributed by atoms with E-state index >= 15 is 4.39 Å². The second-order valence-electron chi connectivity index (χ2n) is 9.93. The molecule has 194 valence electrons. The van der Waals surface area contributed by atoms with E-state index in [-0.39, 0.29) is 24.2 Å². The maximum Gasteiger partial charge on any atom is 0.509 e. The number of fused-ring (bicyclic) bond motifs is 1. The van der Waals surface area contributed by atoms with Crippen molar-refractivity contribution in [1.82, 2.24) is 9.97 Å². The van der Waals surface area contributed by atoms with Crippen molar-refractivity contribution in [3.05, 3.63) is 83.3 Å². The van der Waals surface area contributed by atoms with Crippen molar-refractivity contribution in [3.8, 4) is 10.6 Å². The maximum absolute atomic E-state index is 15.2. The lowest BCUT2D eigenvalue weighted by Gasteiger charge is -2.43. The summed E-state index contributed by atoms with van der Waals surface area (Å²) in [7, 11) is 0. The molecule has 2 N–H and O–H groups in total. The van der Waals surface area contributed by atoms with Crippen LogP contribution in [0.5, 0.6) is 0 Å². The Labute approximate surface area is 220 Å². The molecule has 38 heavy (non-hydrogen) atoms. The lowest BCUT2D eigenvalue weighted by Crippen LogP contribution is -2.51. The highest BCUT2D eigenvalue weighted by atomic mass is 32.1. The number of ether oxygens (including phenoxy) is 2. The molecule has 0 bridgehead atoms. The van der Waals surface area contributed by atoms with E-state index in [2.05, 4.69) is 26.6 Å². The topological polar surface area (TPSA) is 119 Å². The average Bonchev–Trinajstić information content (AvgIpc) is 3.56. The van der Waals surface area contributed by atoms with Crippen molar-refractivity contribution >= 4 is 34.0 Å². The molecule has 2 heterocycles. The quantitative estimate of drug-likeness (QED) is 0.201. The Kier molecular flexibility index (Phi) is 5.79. The smallest absolute Gasteiger partial charge is 0.450 e. The molecule has 0 aliphatic heterocycles. The van der Waals surface area contributed by atoms with Crippen LogP contribution in [-0.2, 0) is 21.3 Å². The zero-order valence-corrected chi connectivity index (χ0v) is 20.9. The Hall–Kier alpha value is -4.05. The largest absolute Gasteiger partial charge is 0.509 e. The summed E-state index contributed by atoms with van der Waals surface area (Å²) in [6, 6.07) is 19.3. The highest BCUT2D eigenvalue weighted by Crippen LogP contribution is 2.53. The molecule has 0 amide bonds. The normalized spacial score (nSPS) is 17.5. The van der Waals surface area contributed by atoms with E-state index in [4.69, 9.17) is 15.2 Å². The SMILES string of the molecule is O=C(O)OC1(OC(=O)O)CC(Cc2ccc(-c3nc4ccc(C5(c6ccccc6)CC5)nc4s3)c(F)c2)C1. The zero-order valence-electron chi connectivity index (χ0n) is 20.1. The summed E-state index contributed by atoms with van der Waals surface area (Å²) in [5.74, 6) is -2.23. The second kappa shape index (κ2) is 9.05. The Morgan fingerprint density at radius 2 is 1.68 bits per heavy atom. The van der Waals surface area contributed by atoms with Crippen LogP contribution in [0.4, 0.5) is 14.0 Å². The van der Waals surface area contributed by atoms with Crippen LogP contribution in [0, 0.1) is 11.7 Å². The van der Waals surface area contributed by atoms with Crippen molar-refractivity contribution in [2.24, 2.45) is 5.92 Å². The van der Waals surface area contributed by atoms with Crippen molar-refractivity contribution in [1.29, 1.82) is 0 Å². The molecule has 10 heteroatoms. The lowest BCUT2D eigenvalue weighted by atomic mass is 9.75. The first-order valence-electron chi connectivity index (χ1n) is 12.2. The molecular formula is C28H23FN2O6S. The van der Waals surface area contributed by atoms with Gasteiger partial charge >= 0.3 is 12.3 Å². The number of carbonyl (C=O) groups is 2. The molecule has 2 aliphatic rings. The van der Waals surface area contributed by atoms with Gasteiger partial charge in [0.05, 0.1) is 5.69 Å². The number of carboxylic acid groups (broad SMARTS) is 2. The molecule has 6 rings (SSSR count). The van der Waals surface area contributed by atoms with Gasteiger partial charge in [-0.3, -0.25) is 0 Å². The molecule has 0 radical (unpaired) electrons. The second-order valence-corrected chi connectivity index (χ2v) is 10.9. The Bertz CT molecular complexity index is 1530. The number of pyridine rings is 1. The van der Waals surface area contributed by atoms with Crippen molar-refractivity contribution < 1.29 is 33.7 Å². The summed E-state index contributed by atoms with van der Waals surface area (Å²) in [5.41, 5.74) is 4.02. The van der Waals surface area contributed by atoms with E-state index < -0.39 is 23.9 Å². The van der Waals surface area contributed by atoms with Gasteiger partial charge in [0.2, 0.25) is 0 Å². The standard InChI is InChI=1S/C28H23FN2O6S/c29-20-13-16(12-17-14-28(15-17,36-25(32)33)37-26(34)35)6-7-19(20)23-30-21-8-9-22(31-24(21)38-23)27(10-11-27)18-4-2-1-3-5-18/h1-9,13,17H,10-12,14-15H2,(H,32,33)(H,34,35). The Balaban J connectivity index is 1.19. The van der Waals surface area contributed by atoms with Gasteiger partial charge in [0, 0.05) is 23.8 Å². The molecule has 4 aromatic rings. The van der Waals surface area contributed by atoms with Crippen molar-refractivity contribution in [2.75, 3.05) is 0 Å². The van der Waals surface area contributed by atoms with Gasteiger partial charge in [0.15, 0.2) is 0 Å². The Morgan fingerprint density at radius 3 is 2.32 bits per heavy atom. The average molecular weight is 535 g/mol. The number of aromatic nitrogens is 2. The summed E-state index contributed by atoms with van der Waals surface area (Å²) >= 11 is 1.36. The number of halogens is 1. The van der Waals surface area contributed by atoms with Crippen LogP contribution >= 0.6 is 11.3 Å².